The third-order valence-electron chi connectivity index (χ3n) is 3.24. The van der Waals surface area contributed by atoms with Gasteiger partial charge in [-0.25, -0.2) is 9.59 Å². The highest BCUT2D eigenvalue weighted by Gasteiger charge is 2.37. The molecule has 0 aromatic rings. The van der Waals surface area contributed by atoms with Gasteiger partial charge in [-0.05, 0) is 13.8 Å². The Bertz CT molecular complexity index is 387. The minimum Gasteiger partial charge on any atom is -0.480 e. The lowest BCUT2D eigenvalue weighted by Gasteiger charge is -2.38. The van der Waals surface area contributed by atoms with Gasteiger partial charge in [0.25, 0.3) is 0 Å². The largest absolute Gasteiger partial charge is 0.480 e. The van der Waals surface area contributed by atoms with Crippen molar-refractivity contribution in [3.63, 3.8) is 0 Å². The Labute approximate surface area is 117 Å². The predicted molar refractivity (Wildman–Crippen MR) is 70.3 cm³/mol. The van der Waals surface area contributed by atoms with Gasteiger partial charge in [-0.3, -0.25) is 9.69 Å². The van der Waals surface area contributed by atoms with E-state index in [9.17, 15) is 14.4 Å². The number of carboxylic acids is 1. The maximum atomic E-state index is 12.5. The molecule has 8 nitrogen and oxygen atoms in total. The van der Waals surface area contributed by atoms with Crippen LogP contribution in [0.5, 0.6) is 0 Å². The zero-order valence-electron chi connectivity index (χ0n) is 12.0. The number of nitrogens with zero attached hydrogens (tertiary/aromatic N) is 2. The van der Waals surface area contributed by atoms with Gasteiger partial charge in [-0.2, -0.15) is 0 Å². The Hall–Kier alpha value is -1.83. The summed E-state index contributed by atoms with van der Waals surface area (Å²) in [5.74, 6) is -1.49. The molecule has 0 aromatic carbocycles. The lowest BCUT2D eigenvalue weighted by molar-refractivity contribution is -0.144. The van der Waals surface area contributed by atoms with E-state index in [0.717, 1.165) is 4.90 Å². The zero-order valence-corrected chi connectivity index (χ0v) is 12.0. The van der Waals surface area contributed by atoms with E-state index in [0.29, 0.717) is 13.2 Å². The van der Waals surface area contributed by atoms with Crippen molar-refractivity contribution < 1.29 is 24.2 Å². The predicted octanol–water partition coefficient (Wildman–Crippen LogP) is -0.652. The summed E-state index contributed by atoms with van der Waals surface area (Å²) >= 11 is 0. The normalized spacial score (nSPS) is 20.2. The second-order valence-electron chi connectivity index (χ2n) is 4.66. The number of ether oxygens (including phenoxy) is 1. The van der Waals surface area contributed by atoms with Crippen LogP contribution in [0, 0.1) is 0 Å². The molecule has 2 unspecified atom stereocenters. The van der Waals surface area contributed by atoms with Crippen LogP contribution in [0.1, 0.15) is 13.8 Å². The SMILES string of the molecule is CCN(C(=O)N1CC(=O)NCC1C(=O)O)C(C)COC. The van der Waals surface area contributed by atoms with Crippen LogP contribution >= 0.6 is 0 Å². The number of piperazine rings is 1. The average Bonchev–Trinajstić information content (AvgIpc) is 2.39. The number of carbonyl (C=O) groups excluding carboxylic acids is 2. The topological polar surface area (TPSA) is 99.2 Å². The summed E-state index contributed by atoms with van der Waals surface area (Å²) in [4.78, 5) is 37.7. The Balaban J connectivity index is 2.89. The lowest BCUT2D eigenvalue weighted by atomic mass is 10.2. The number of carboxylic acid groups (broad SMARTS) is 1. The van der Waals surface area contributed by atoms with Crippen LogP contribution in [-0.2, 0) is 14.3 Å². The molecule has 0 aromatic heterocycles. The van der Waals surface area contributed by atoms with Gasteiger partial charge in [-0.1, -0.05) is 0 Å². The molecule has 2 N–H and O–H groups in total. The molecule has 20 heavy (non-hydrogen) atoms. The average molecular weight is 287 g/mol. The van der Waals surface area contributed by atoms with E-state index in [4.69, 9.17) is 9.84 Å². The number of nitrogens with one attached hydrogen (secondary N) is 1. The van der Waals surface area contributed by atoms with Crippen LogP contribution in [0.25, 0.3) is 0 Å². The highest BCUT2D eigenvalue weighted by atomic mass is 16.5. The standard InChI is InChI=1S/C12H21N3O5/c1-4-14(8(2)7-20-3)12(19)15-6-10(16)13-5-9(15)11(17)18/h8-9H,4-7H2,1-3H3,(H,13,16)(H,17,18). The molecular formula is C12H21N3O5. The third kappa shape index (κ3) is 3.60. The van der Waals surface area contributed by atoms with Crippen molar-refractivity contribution in [1.82, 2.24) is 15.1 Å². The van der Waals surface area contributed by atoms with E-state index in [1.165, 1.54) is 12.0 Å². The minimum absolute atomic E-state index is 0.0733. The highest BCUT2D eigenvalue weighted by molar-refractivity contribution is 5.90. The van der Waals surface area contributed by atoms with Crippen molar-refractivity contribution in [2.45, 2.75) is 25.9 Å². The molecule has 2 atom stereocenters. The number of urea groups is 1. The van der Waals surface area contributed by atoms with Crippen LogP contribution in [0.4, 0.5) is 4.79 Å². The summed E-state index contributed by atoms with van der Waals surface area (Å²) in [6.07, 6.45) is 0. The molecule has 3 amide bonds. The quantitative estimate of drug-likeness (QED) is 0.700. The number of carbonyl (C=O) groups is 3. The second kappa shape index (κ2) is 7.09. The first-order valence-electron chi connectivity index (χ1n) is 6.48. The van der Waals surface area contributed by atoms with E-state index in [2.05, 4.69) is 5.32 Å². The smallest absolute Gasteiger partial charge is 0.328 e. The molecule has 1 rings (SSSR count). The number of rotatable bonds is 5. The van der Waals surface area contributed by atoms with Crippen LogP contribution in [0.3, 0.4) is 0 Å². The molecule has 0 saturated carbocycles. The van der Waals surface area contributed by atoms with Crippen molar-refractivity contribution in [1.29, 1.82) is 0 Å². The fraction of sp³-hybridized carbons (Fsp3) is 0.750. The molecule has 1 heterocycles. The van der Waals surface area contributed by atoms with Crippen LogP contribution in [0.15, 0.2) is 0 Å². The molecule has 0 aliphatic carbocycles. The number of hydrogen-bond acceptors (Lipinski definition) is 4. The first-order valence-corrected chi connectivity index (χ1v) is 6.48. The van der Waals surface area contributed by atoms with Gasteiger partial charge in [-0.15, -0.1) is 0 Å². The summed E-state index contributed by atoms with van der Waals surface area (Å²) in [7, 11) is 1.53. The molecule has 0 bridgehead atoms. The maximum Gasteiger partial charge on any atom is 0.328 e. The Morgan fingerprint density at radius 1 is 1.60 bits per heavy atom. The van der Waals surface area contributed by atoms with E-state index in [-0.39, 0.29) is 25.0 Å². The number of aliphatic carboxylic acids is 1. The van der Waals surface area contributed by atoms with Gasteiger partial charge >= 0.3 is 12.0 Å². The maximum absolute atomic E-state index is 12.5. The summed E-state index contributed by atoms with van der Waals surface area (Å²) in [6, 6.07) is -1.69. The number of hydrogen-bond donors (Lipinski definition) is 2. The summed E-state index contributed by atoms with van der Waals surface area (Å²) < 4.78 is 5.01. The fourth-order valence-corrected chi connectivity index (χ4v) is 2.19. The van der Waals surface area contributed by atoms with Crippen LogP contribution in [-0.4, -0.2) is 78.2 Å². The second-order valence-corrected chi connectivity index (χ2v) is 4.66. The first kappa shape index (κ1) is 16.2. The van der Waals surface area contributed by atoms with Crippen molar-refractivity contribution in [3.05, 3.63) is 0 Å². The molecular weight excluding hydrogens is 266 g/mol. The lowest BCUT2D eigenvalue weighted by Crippen LogP contribution is -2.62. The summed E-state index contributed by atoms with van der Waals surface area (Å²) in [5, 5.41) is 11.6. The molecule has 1 aliphatic heterocycles. The first-order chi connectivity index (χ1) is 9.42. The molecule has 0 spiro atoms. The number of likely N-dealkylation sites (N-methyl/N-ethyl adjacent to an activating group) is 1. The zero-order chi connectivity index (χ0) is 15.3. The summed E-state index contributed by atoms with van der Waals surface area (Å²) in [6.45, 7) is 4.04. The van der Waals surface area contributed by atoms with Crippen molar-refractivity contribution in [3.8, 4) is 0 Å². The Morgan fingerprint density at radius 2 is 2.25 bits per heavy atom. The van der Waals surface area contributed by atoms with Gasteiger partial charge in [0.2, 0.25) is 5.91 Å². The monoisotopic (exact) mass is 287 g/mol. The molecule has 114 valence electrons. The Kier molecular flexibility index (Phi) is 5.75. The van der Waals surface area contributed by atoms with Gasteiger partial charge in [0.1, 0.15) is 12.6 Å². The van der Waals surface area contributed by atoms with Gasteiger partial charge in [0.05, 0.1) is 12.6 Å². The van der Waals surface area contributed by atoms with E-state index in [1.807, 2.05) is 6.92 Å². The molecule has 1 fully saturated rings. The van der Waals surface area contributed by atoms with Crippen LogP contribution < -0.4 is 5.32 Å². The van der Waals surface area contributed by atoms with Gasteiger partial charge in [0.15, 0.2) is 0 Å². The third-order valence-corrected chi connectivity index (χ3v) is 3.24. The van der Waals surface area contributed by atoms with E-state index < -0.39 is 18.0 Å². The van der Waals surface area contributed by atoms with Crippen molar-refractivity contribution in [2.75, 3.05) is 33.4 Å². The molecule has 1 aliphatic rings. The molecule has 1 saturated heterocycles. The van der Waals surface area contributed by atoms with Crippen molar-refractivity contribution in [2.24, 2.45) is 0 Å². The Morgan fingerprint density at radius 3 is 2.75 bits per heavy atom. The molecule has 0 radical (unpaired) electrons. The molecule has 8 heteroatoms. The van der Waals surface area contributed by atoms with E-state index >= 15 is 0 Å². The highest BCUT2D eigenvalue weighted by Crippen LogP contribution is 2.11. The minimum atomic E-state index is -1.13. The van der Waals surface area contributed by atoms with Gasteiger partial charge in [0, 0.05) is 20.2 Å². The van der Waals surface area contributed by atoms with Gasteiger partial charge < -0.3 is 20.1 Å². The van der Waals surface area contributed by atoms with E-state index in [1.54, 1.807) is 6.92 Å². The van der Waals surface area contributed by atoms with Crippen LogP contribution in [0.2, 0.25) is 0 Å². The number of methoxy groups -OCH3 is 1. The van der Waals surface area contributed by atoms with Crippen molar-refractivity contribution >= 4 is 17.9 Å². The summed E-state index contributed by atoms with van der Waals surface area (Å²) in [5.41, 5.74) is 0. The number of amides is 3. The fourth-order valence-electron chi connectivity index (χ4n) is 2.19.